The number of amides is 2. The monoisotopic (exact) mass is 707 g/mol. The van der Waals surface area contributed by atoms with E-state index in [9.17, 15) is 18.0 Å². The lowest BCUT2D eigenvalue weighted by Crippen LogP contribution is -2.54. The Morgan fingerprint density at radius 1 is 0.854 bits per heavy atom. The van der Waals surface area contributed by atoms with Gasteiger partial charge >= 0.3 is 0 Å². The third-order valence-corrected chi connectivity index (χ3v) is 10.8. The molecule has 252 valence electrons. The van der Waals surface area contributed by atoms with Crippen LogP contribution in [0.3, 0.4) is 0 Å². The Morgan fingerprint density at radius 2 is 1.48 bits per heavy atom. The Kier molecular flexibility index (Phi) is 12.0. The highest BCUT2D eigenvalue weighted by Crippen LogP contribution is 2.30. The lowest BCUT2D eigenvalue weighted by molar-refractivity contribution is -0.140. The zero-order chi connectivity index (χ0) is 34.1. The van der Waals surface area contributed by atoms with Crippen LogP contribution in [-0.4, -0.2) is 43.8 Å². The van der Waals surface area contributed by atoms with E-state index in [2.05, 4.69) is 5.32 Å². The summed E-state index contributed by atoms with van der Waals surface area (Å²) in [4.78, 5) is 29.7. The molecule has 0 bridgehead atoms. The minimum atomic E-state index is -4.22. The van der Waals surface area contributed by atoms with Crippen molar-refractivity contribution in [3.05, 3.63) is 119 Å². The van der Waals surface area contributed by atoms with E-state index < -0.39 is 28.5 Å². The van der Waals surface area contributed by atoms with E-state index >= 15 is 0 Å². The Labute approximate surface area is 292 Å². The van der Waals surface area contributed by atoms with Crippen molar-refractivity contribution >= 4 is 50.7 Å². The number of benzene rings is 4. The zero-order valence-electron chi connectivity index (χ0n) is 26.7. The van der Waals surface area contributed by atoms with Gasteiger partial charge in [0.05, 0.1) is 10.6 Å². The highest BCUT2D eigenvalue weighted by molar-refractivity contribution is 7.92. The smallest absolute Gasteiger partial charge is 0.264 e. The van der Waals surface area contributed by atoms with E-state index in [1.807, 2.05) is 37.3 Å². The van der Waals surface area contributed by atoms with E-state index in [1.165, 1.54) is 17.0 Å². The molecule has 0 radical (unpaired) electrons. The third kappa shape index (κ3) is 8.89. The second kappa shape index (κ2) is 16.4. The predicted molar refractivity (Wildman–Crippen MR) is 190 cm³/mol. The van der Waals surface area contributed by atoms with E-state index in [0.29, 0.717) is 33.5 Å². The molecule has 11 heteroatoms. The van der Waals surface area contributed by atoms with Gasteiger partial charge in [-0.1, -0.05) is 91.9 Å². The van der Waals surface area contributed by atoms with Gasteiger partial charge in [-0.2, -0.15) is 0 Å². The summed E-state index contributed by atoms with van der Waals surface area (Å²) in [6, 6.07) is 27.8. The number of carbonyl (C=O) groups excluding carboxylic acids is 2. The molecule has 4 aromatic rings. The van der Waals surface area contributed by atoms with Crippen LogP contribution in [0.4, 0.5) is 5.69 Å². The number of rotatable bonds is 13. The molecule has 5 rings (SSSR count). The van der Waals surface area contributed by atoms with Gasteiger partial charge in [-0.05, 0) is 85.5 Å². The van der Waals surface area contributed by atoms with E-state index in [0.717, 1.165) is 36.4 Å². The van der Waals surface area contributed by atoms with Crippen LogP contribution in [-0.2, 0) is 26.2 Å². The molecule has 1 atom stereocenters. The average Bonchev–Trinajstić information content (AvgIpc) is 3.09. The SMILES string of the molecule is CC[C@H](C(=O)NC1CCCCC1)N(Cc1ccc(Cl)cc1Cl)C(=O)CN(c1ccc(Oc2ccccc2)cc1)S(=O)(=O)c1ccccc1. The van der Waals surface area contributed by atoms with Crippen molar-refractivity contribution < 1.29 is 22.7 Å². The van der Waals surface area contributed by atoms with Gasteiger partial charge < -0.3 is 15.0 Å². The van der Waals surface area contributed by atoms with Crippen LogP contribution in [0.15, 0.2) is 108 Å². The summed E-state index contributed by atoms with van der Waals surface area (Å²) in [5.41, 5.74) is 0.843. The standard InChI is InChI=1S/C37H39Cl2N3O5S/c1-2-35(37(44)40-29-12-6-3-7-13-29)41(25-27-18-19-28(38)24-34(27)39)36(43)26-42(48(45,46)33-16-10-5-11-17-33)30-20-22-32(23-21-30)47-31-14-8-4-9-15-31/h4-5,8-11,14-24,29,35H,2-3,6-7,12-13,25-26H2,1H3,(H,40,44)/t35-/m1/s1. The van der Waals surface area contributed by atoms with E-state index in [4.69, 9.17) is 27.9 Å². The maximum absolute atomic E-state index is 14.4. The molecule has 0 spiro atoms. The molecule has 0 saturated heterocycles. The van der Waals surface area contributed by atoms with Crippen molar-refractivity contribution in [3.8, 4) is 11.5 Å². The van der Waals surface area contributed by atoms with Gasteiger partial charge in [-0.3, -0.25) is 13.9 Å². The van der Waals surface area contributed by atoms with Crippen molar-refractivity contribution in [1.29, 1.82) is 0 Å². The first-order chi connectivity index (χ1) is 23.2. The number of anilines is 1. The molecule has 8 nitrogen and oxygen atoms in total. The van der Waals surface area contributed by atoms with Crippen LogP contribution < -0.4 is 14.4 Å². The molecule has 1 aliphatic carbocycles. The van der Waals surface area contributed by atoms with Gasteiger partial charge in [0.15, 0.2) is 0 Å². The van der Waals surface area contributed by atoms with Crippen LogP contribution in [0.25, 0.3) is 0 Å². The van der Waals surface area contributed by atoms with Crippen LogP contribution in [0.5, 0.6) is 11.5 Å². The number of hydrogen-bond donors (Lipinski definition) is 1. The summed E-state index contributed by atoms with van der Waals surface area (Å²) >= 11 is 12.7. The zero-order valence-corrected chi connectivity index (χ0v) is 29.1. The second-order valence-corrected chi connectivity index (χ2v) is 14.5. The molecular weight excluding hydrogens is 669 g/mol. The molecule has 4 aromatic carbocycles. The molecule has 0 heterocycles. The van der Waals surface area contributed by atoms with Crippen molar-refractivity contribution in [2.75, 3.05) is 10.8 Å². The Hall–Kier alpha value is -4.05. The lowest BCUT2D eigenvalue weighted by Gasteiger charge is -2.34. The van der Waals surface area contributed by atoms with Crippen molar-refractivity contribution in [2.24, 2.45) is 0 Å². The second-order valence-electron chi connectivity index (χ2n) is 11.8. The van der Waals surface area contributed by atoms with Crippen LogP contribution in [0.1, 0.15) is 51.0 Å². The first-order valence-electron chi connectivity index (χ1n) is 16.1. The lowest BCUT2D eigenvalue weighted by atomic mass is 9.95. The third-order valence-electron chi connectivity index (χ3n) is 8.41. The number of para-hydroxylation sites is 1. The highest BCUT2D eigenvalue weighted by Gasteiger charge is 2.34. The first kappa shape index (κ1) is 35.3. The number of halogens is 2. The van der Waals surface area contributed by atoms with Gasteiger partial charge in [0.1, 0.15) is 24.1 Å². The quantitative estimate of drug-likeness (QED) is 0.151. The maximum Gasteiger partial charge on any atom is 0.264 e. The van der Waals surface area contributed by atoms with E-state index in [-0.39, 0.29) is 29.1 Å². The predicted octanol–water partition coefficient (Wildman–Crippen LogP) is 8.24. The van der Waals surface area contributed by atoms with Gasteiger partial charge in [-0.25, -0.2) is 8.42 Å². The summed E-state index contributed by atoms with van der Waals surface area (Å²) in [5.74, 6) is 0.291. The van der Waals surface area contributed by atoms with E-state index in [1.54, 1.807) is 60.7 Å². The maximum atomic E-state index is 14.4. The fourth-order valence-electron chi connectivity index (χ4n) is 5.85. The number of hydrogen-bond acceptors (Lipinski definition) is 5. The Balaban J connectivity index is 1.49. The molecule has 1 aliphatic rings. The molecule has 2 amide bonds. The minimum Gasteiger partial charge on any atom is -0.457 e. The molecule has 0 unspecified atom stereocenters. The summed E-state index contributed by atoms with van der Waals surface area (Å²) < 4.78 is 35.3. The van der Waals surface area contributed by atoms with Gasteiger partial charge in [-0.15, -0.1) is 0 Å². The topological polar surface area (TPSA) is 96.0 Å². The van der Waals surface area contributed by atoms with Crippen LogP contribution >= 0.6 is 23.2 Å². The van der Waals surface area contributed by atoms with Crippen LogP contribution in [0, 0.1) is 0 Å². The normalized spacial score (nSPS) is 14.1. The van der Waals surface area contributed by atoms with Crippen molar-refractivity contribution in [1.82, 2.24) is 10.2 Å². The number of carbonyl (C=O) groups is 2. The molecule has 1 fully saturated rings. The van der Waals surface area contributed by atoms with Gasteiger partial charge in [0.2, 0.25) is 11.8 Å². The van der Waals surface area contributed by atoms with Crippen molar-refractivity contribution in [3.63, 3.8) is 0 Å². The minimum absolute atomic E-state index is 0.0193. The van der Waals surface area contributed by atoms with Crippen molar-refractivity contribution in [2.45, 2.75) is 69.0 Å². The Morgan fingerprint density at radius 3 is 2.10 bits per heavy atom. The number of nitrogens with zero attached hydrogens (tertiary/aromatic N) is 2. The summed E-state index contributed by atoms with van der Waals surface area (Å²) in [5, 5.41) is 3.92. The first-order valence-corrected chi connectivity index (χ1v) is 18.3. The summed E-state index contributed by atoms with van der Waals surface area (Å²) in [6.45, 7) is 1.25. The number of sulfonamides is 1. The molecular formula is C37H39Cl2N3O5S. The number of nitrogens with one attached hydrogen (secondary N) is 1. The highest BCUT2D eigenvalue weighted by atomic mass is 35.5. The van der Waals surface area contributed by atoms with Crippen LogP contribution in [0.2, 0.25) is 10.0 Å². The molecule has 1 saturated carbocycles. The van der Waals surface area contributed by atoms with Gasteiger partial charge in [0, 0.05) is 22.6 Å². The molecule has 0 aliphatic heterocycles. The summed E-state index contributed by atoms with van der Waals surface area (Å²) in [6.07, 6.45) is 5.28. The summed E-state index contributed by atoms with van der Waals surface area (Å²) in [7, 11) is -4.22. The number of ether oxygens (including phenoxy) is 1. The fraction of sp³-hybridized carbons (Fsp3) is 0.297. The average molecular weight is 709 g/mol. The largest absolute Gasteiger partial charge is 0.457 e. The molecule has 0 aromatic heterocycles. The Bertz CT molecular complexity index is 1790. The van der Waals surface area contributed by atoms with Gasteiger partial charge in [0.25, 0.3) is 10.0 Å². The molecule has 1 N–H and O–H groups in total. The fourth-order valence-corrected chi connectivity index (χ4v) is 7.75. The molecule has 48 heavy (non-hydrogen) atoms.